The molecule has 2 nitrogen and oxygen atoms in total. The van der Waals surface area contributed by atoms with E-state index in [1.165, 1.54) is 0 Å². The number of benzene rings is 2. The fourth-order valence-corrected chi connectivity index (χ4v) is 4.18. The Morgan fingerprint density at radius 3 is 1.89 bits per heavy atom. The minimum atomic E-state index is -1.65. The molecule has 0 spiro atoms. The van der Waals surface area contributed by atoms with Gasteiger partial charge in [0, 0.05) is 5.71 Å². The molecule has 0 aliphatic carbocycles. The van der Waals surface area contributed by atoms with Crippen molar-refractivity contribution in [3.05, 3.63) is 72.4 Å². The molecule has 0 bridgehead atoms. The van der Waals surface area contributed by atoms with Gasteiger partial charge in [0.15, 0.2) is 0 Å². The van der Waals surface area contributed by atoms with E-state index in [0.717, 1.165) is 36.0 Å². The molecule has 3 rings (SSSR count). The quantitative estimate of drug-likeness (QED) is 0.487. The van der Waals surface area contributed by atoms with Crippen molar-refractivity contribution < 1.29 is 0 Å². The maximum absolute atomic E-state index is 6.28. The lowest BCUT2D eigenvalue weighted by atomic mass is 9.35. The van der Waals surface area contributed by atoms with Gasteiger partial charge in [-0.05, 0) is 31.7 Å². The van der Waals surface area contributed by atoms with Crippen LogP contribution in [0.2, 0.25) is 0 Å². The van der Waals surface area contributed by atoms with Gasteiger partial charge in [-0.15, -0.1) is 0 Å². The number of nitrogens with zero attached hydrogens (tertiary/aromatic N) is 2. The van der Waals surface area contributed by atoms with Crippen LogP contribution in [0.3, 0.4) is 0 Å². The van der Waals surface area contributed by atoms with Crippen LogP contribution in [0.15, 0.2) is 77.3 Å². The summed E-state index contributed by atoms with van der Waals surface area (Å²) in [4.78, 5) is 7.53. The number of alkyl halides is 3. The lowest BCUT2D eigenvalue weighted by Gasteiger charge is -2.54. The highest BCUT2D eigenvalue weighted by molar-refractivity contribution is 7.00. The minimum absolute atomic E-state index is 0.477. The van der Waals surface area contributed by atoms with E-state index >= 15 is 0 Å². The average Bonchev–Trinajstić information content (AvgIpc) is 2.67. The fraction of sp³-hybridized carbons (Fsp3) is 0.286. The minimum Gasteiger partial charge on any atom is -0.523 e. The van der Waals surface area contributed by atoms with Crippen molar-refractivity contribution >= 4 is 57.9 Å². The van der Waals surface area contributed by atoms with Crippen LogP contribution in [0, 0.1) is 0 Å². The second-order valence-corrected chi connectivity index (χ2v) is 9.22. The second kappa shape index (κ2) is 8.30. The second-order valence-electron chi connectivity index (χ2n) is 6.94. The van der Waals surface area contributed by atoms with Crippen LogP contribution in [0.1, 0.15) is 26.7 Å². The summed E-state index contributed by atoms with van der Waals surface area (Å²) in [5.74, 6) is 0. The molecule has 142 valence electrons. The zero-order chi connectivity index (χ0) is 19.5. The molecule has 6 heteroatoms. The van der Waals surface area contributed by atoms with Crippen LogP contribution < -0.4 is 10.9 Å². The van der Waals surface area contributed by atoms with Crippen molar-refractivity contribution in [1.82, 2.24) is 4.81 Å². The van der Waals surface area contributed by atoms with Gasteiger partial charge >= 0.3 is 0 Å². The highest BCUT2D eigenvalue weighted by atomic mass is 35.6. The van der Waals surface area contributed by atoms with E-state index in [2.05, 4.69) is 42.9 Å². The van der Waals surface area contributed by atoms with E-state index < -0.39 is 10.2 Å². The molecule has 1 aliphatic heterocycles. The SMILES string of the molecule is CCCCN1C(C)=CC(C(Cl)(Cl)Cl)=N[B-]1(c1ccccc1)c1ccccc1. The highest BCUT2D eigenvalue weighted by Crippen LogP contribution is 2.34. The first-order valence-electron chi connectivity index (χ1n) is 9.28. The summed E-state index contributed by atoms with van der Waals surface area (Å²) < 4.78 is -1.57. The molecule has 0 fully saturated rings. The largest absolute Gasteiger partial charge is 0.523 e. The first-order chi connectivity index (χ1) is 12.9. The molecule has 0 radical (unpaired) electrons. The molecule has 27 heavy (non-hydrogen) atoms. The van der Waals surface area contributed by atoms with Crippen molar-refractivity contribution in [3.8, 4) is 0 Å². The van der Waals surface area contributed by atoms with E-state index in [4.69, 9.17) is 39.7 Å². The van der Waals surface area contributed by atoms with Crippen molar-refractivity contribution in [2.24, 2.45) is 4.90 Å². The van der Waals surface area contributed by atoms with Crippen LogP contribution in [-0.2, 0) is 0 Å². The van der Waals surface area contributed by atoms with E-state index in [0.29, 0.717) is 5.71 Å². The maximum Gasteiger partial charge on any atom is 0.252 e. The Morgan fingerprint density at radius 2 is 1.44 bits per heavy atom. The molecule has 1 heterocycles. The normalized spacial score (nSPS) is 16.7. The number of allylic oxidation sites excluding steroid dienone is 2. The fourth-order valence-electron chi connectivity index (χ4n) is 3.87. The Bertz CT molecular complexity index is 790. The lowest BCUT2D eigenvalue weighted by Crippen LogP contribution is -2.70. The first-order valence-corrected chi connectivity index (χ1v) is 10.4. The van der Waals surface area contributed by atoms with E-state index in [-0.39, 0.29) is 0 Å². The van der Waals surface area contributed by atoms with E-state index in [1.54, 1.807) is 0 Å². The Labute approximate surface area is 176 Å². The molecule has 1 aliphatic rings. The number of hydrogen-bond acceptors (Lipinski definition) is 2. The molecule has 2 aromatic rings. The Kier molecular flexibility index (Phi) is 6.25. The summed E-state index contributed by atoms with van der Waals surface area (Å²) in [6.07, 6.45) is 2.40. The maximum atomic E-state index is 6.28. The van der Waals surface area contributed by atoms with Crippen molar-refractivity contribution in [2.45, 2.75) is 30.5 Å². The lowest BCUT2D eigenvalue weighted by molar-refractivity contribution is 0.498. The predicted octanol–water partition coefficient (Wildman–Crippen LogP) is 5.07. The molecule has 0 unspecified atom stereocenters. The number of rotatable bonds is 5. The van der Waals surface area contributed by atoms with Crippen molar-refractivity contribution in [2.75, 3.05) is 6.54 Å². The van der Waals surface area contributed by atoms with Crippen LogP contribution in [-0.4, -0.2) is 27.3 Å². The topological polar surface area (TPSA) is 15.6 Å². The zero-order valence-corrected chi connectivity index (χ0v) is 17.8. The Morgan fingerprint density at radius 1 is 0.926 bits per heavy atom. The number of halogens is 3. The Hall–Kier alpha value is -1.42. The molecule has 0 amide bonds. The molecule has 0 aromatic heterocycles. The summed E-state index contributed by atoms with van der Waals surface area (Å²) in [6, 6.07) is 20.6. The smallest absolute Gasteiger partial charge is 0.252 e. The third-order valence-electron chi connectivity index (χ3n) is 5.15. The first kappa shape index (κ1) is 20.3. The van der Waals surface area contributed by atoms with Crippen LogP contribution >= 0.6 is 34.8 Å². The average molecular weight is 421 g/mol. The van der Waals surface area contributed by atoms with Gasteiger partial charge in [0.2, 0.25) is 3.79 Å². The van der Waals surface area contributed by atoms with Crippen molar-refractivity contribution in [1.29, 1.82) is 0 Å². The van der Waals surface area contributed by atoms with Crippen LogP contribution in [0.4, 0.5) is 0 Å². The van der Waals surface area contributed by atoms with Gasteiger partial charge in [-0.1, -0.05) is 109 Å². The summed E-state index contributed by atoms with van der Waals surface area (Å²) in [5, 5.41) is 0. The van der Waals surface area contributed by atoms with Crippen LogP contribution in [0.5, 0.6) is 0 Å². The number of hydrogen-bond donors (Lipinski definition) is 0. The third-order valence-corrected chi connectivity index (χ3v) is 5.73. The van der Waals surface area contributed by atoms with Gasteiger partial charge in [-0.2, -0.15) is 10.9 Å². The molecule has 0 atom stereocenters. The molecular formula is C21H23BCl3N2-. The van der Waals surface area contributed by atoms with E-state index in [1.807, 2.05) is 42.5 Å². The summed E-state index contributed by atoms with van der Waals surface area (Å²) in [5.41, 5.74) is 3.76. The molecular weight excluding hydrogens is 397 g/mol. The molecule has 0 saturated carbocycles. The summed E-state index contributed by atoms with van der Waals surface area (Å²) in [6.45, 7) is 5.15. The van der Waals surface area contributed by atoms with E-state index in [9.17, 15) is 0 Å². The van der Waals surface area contributed by atoms with Crippen molar-refractivity contribution in [3.63, 3.8) is 0 Å². The molecule has 0 N–H and O–H groups in total. The number of unbranched alkanes of at least 4 members (excludes halogenated alkanes) is 1. The van der Waals surface area contributed by atoms with Gasteiger partial charge in [0.1, 0.15) is 0 Å². The zero-order valence-electron chi connectivity index (χ0n) is 15.6. The summed E-state index contributed by atoms with van der Waals surface area (Å²) >= 11 is 18.8. The molecule has 0 saturated heterocycles. The van der Waals surface area contributed by atoms with Gasteiger partial charge in [0.25, 0.3) is 6.42 Å². The van der Waals surface area contributed by atoms with Crippen LogP contribution in [0.25, 0.3) is 0 Å². The van der Waals surface area contributed by atoms with Gasteiger partial charge in [-0.25, -0.2) is 0 Å². The predicted molar refractivity (Wildman–Crippen MR) is 121 cm³/mol. The van der Waals surface area contributed by atoms with Gasteiger partial charge in [-0.3, -0.25) is 0 Å². The molecule has 2 aromatic carbocycles. The Balaban J connectivity index is 2.31. The monoisotopic (exact) mass is 419 g/mol. The highest BCUT2D eigenvalue weighted by Gasteiger charge is 2.40. The summed E-state index contributed by atoms with van der Waals surface area (Å²) in [7, 11) is 0. The van der Waals surface area contributed by atoms with Gasteiger partial charge in [0.05, 0.1) is 0 Å². The van der Waals surface area contributed by atoms with Gasteiger partial charge < -0.3 is 9.71 Å². The third kappa shape index (κ3) is 4.06. The standard InChI is InChI=1S/C21H23BCl3N2/c1-3-4-15-27-17(2)16-20(21(23,24)25)26-22(27,18-11-7-5-8-12-18)19-13-9-6-10-14-19/h5-14,16H,3-4,15H2,1-2H3/q-1.